The summed E-state index contributed by atoms with van der Waals surface area (Å²) >= 11 is 1.82. The number of nitrogens with one attached hydrogen (secondary N) is 1. The van der Waals surface area contributed by atoms with Crippen molar-refractivity contribution < 1.29 is 9.18 Å². The topological polar surface area (TPSA) is 49.0 Å². The average molecular weight is 333 g/mol. The van der Waals surface area contributed by atoms with Crippen molar-refractivity contribution in [3.05, 3.63) is 41.8 Å². The Morgan fingerprint density at radius 1 is 1.52 bits per heavy atom. The monoisotopic (exact) mass is 333 g/mol. The number of rotatable bonds is 4. The van der Waals surface area contributed by atoms with Gasteiger partial charge in [-0.05, 0) is 42.9 Å². The Morgan fingerprint density at radius 3 is 3.17 bits per heavy atom. The first-order valence-electron chi connectivity index (χ1n) is 7.76. The molecule has 0 radical (unpaired) electrons. The van der Waals surface area contributed by atoms with Crippen LogP contribution in [0.1, 0.15) is 23.2 Å². The minimum absolute atomic E-state index is 0.0242. The number of aromatic amines is 1. The average Bonchev–Trinajstić information content (AvgIpc) is 3.04. The minimum atomic E-state index is -0.325. The van der Waals surface area contributed by atoms with Crippen molar-refractivity contribution in [2.24, 2.45) is 5.92 Å². The van der Waals surface area contributed by atoms with Gasteiger partial charge in [-0.25, -0.2) is 4.39 Å². The number of piperidine rings is 1. The van der Waals surface area contributed by atoms with E-state index in [0.717, 1.165) is 25.3 Å². The van der Waals surface area contributed by atoms with Crippen molar-refractivity contribution in [3.63, 3.8) is 0 Å². The molecule has 1 N–H and O–H groups in total. The van der Waals surface area contributed by atoms with Crippen molar-refractivity contribution in [1.82, 2.24) is 15.1 Å². The van der Waals surface area contributed by atoms with Gasteiger partial charge in [0.1, 0.15) is 5.82 Å². The van der Waals surface area contributed by atoms with Crippen LogP contribution in [-0.4, -0.2) is 46.1 Å². The third kappa shape index (κ3) is 3.58. The summed E-state index contributed by atoms with van der Waals surface area (Å²) in [7, 11) is 0. The second-order valence-corrected chi connectivity index (χ2v) is 6.79. The molecule has 1 aliphatic rings. The standard InChI is InChI=1S/C17H20FN3OS/c1-23-11-12-4-3-7-21(10-12)17(22)15-9-19-20-16(15)13-5-2-6-14(18)8-13/h2,5-6,8-9,12H,3-4,7,10-11H2,1H3,(H,19,20). The van der Waals surface area contributed by atoms with Crippen LogP contribution in [0.15, 0.2) is 30.5 Å². The van der Waals surface area contributed by atoms with Crippen LogP contribution in [-0.2, 0) is 0 Å². The lowest BCUT2D eigenvalue weighted by atomic mass is 9.99. The number of halogens is 1. The Balaban J connectivity index is 1.82. The highest BCUT2D eigenvalue weighted by atomic mass is 32.2. The molecule has 23 heavy (non-hydrogen) atoms. The fourth-order valence-electron chi connectivity index (χ4n) is 3.10. The van der Waals surface area contributed by atoms with E-state index in [4.69, 9.17) is 0 Å². The summed E-state index contributed by atoms with van der Waals surface area (Å²) in [5.74, 6) is 1.27. The predicted molar refractivity (Wildman–Crippen MR) is 91.0 cm³/mol. The lowest BCUT2D eigenvalue weighted by Crippen LogP contribution is -2.40. The molecular formula is C17H20FN3OS. The first-order valence-corrected chi connectivity index (χ1v) is 9.16. The Hall–Kier alpha value is -1.82. The number of amides is 1. The zero-order valence-electron chi connectivity index (χ0n) is 13.1. The molecule has 1 amide bonds. The molecule has 1 fully saturated rings. The normalized spacial score (nSPS) is 18.2. The molecular weight excluding hydrogens is 313 g/mol. The van der Waals surface area contributed by atoms with Gasteiger partial charge in [0.15, 0.2) is 0 Å². The molecule has 1 aliphatic heterocycles. The SMILES string of the molecule is CSCC1CCCN(C(=O)c2cn[nH]c2-c2cccc(F)c2)C1. The maximum atomic E-state index is 13.5. The summed E-state index contributed by atoms with van der Waals surface area (Å²) in [4.78, 5) is 14.8. The molecule has 1 unspecified atom stereocenters. The Morgan fingerprint density at radius 2 is 2.39 bits per heavy atom. The molecule has 0 aliphatic carbocycles. The van der Waals surface area contributed by atoms with Gasteiger partial charge in [0.2, 0.25) is 0 Å². The summed E-state index contributed by atoms with van der Waals surface area (Å²) in [5.41, 5.74) is 1.74. The van der Waals surface area contributed by atoms with E-state index in [-0.39, 0.29) is 11.7 Å². The highest BCUT2D eigenvalue weighted by Gasteiger charge is 2.26. The van der Waals surface area contributed by atoms with Crippen LogP contribution in [0, 0.1) is 11.7 Å². The molecule has 1 aromatic heterocycles. The Labute approximate surface area is 139 Å². The summed E-state index contributed by atoms with van der Waals surface area (Å²) in [6.45, 7) is 1.56. The van der Waals surface area contributed by atoms with E-state index in [0.29, 0.717) is 22.7 Å². The number of benzene rings is 1. The van der Waals surface area contributed by atoms with Gasteiger partial charge in [-0.3, -0.25) is 9.89 Å². The third-order valence-corrected chi connectivity index (χ3v) is 5.00. The first-order chi connectivity index (χ1) is 11.2. The summed E-state index contributed by atoms with van der Waals surface area (Å²) in [5, 5.41) is 6.84. The molecule has 2 heterocycles. The largest absolute Gasteiger partial charge is 0.338 e. The number of nitrogens with zero attached hydrogens (tertiary/aromatic N) is 2. The van der Waals surface area contributed by atoms with Gasteiger partial charge in [-0.2, -0.15) is 16.9 Å². The summed E-state index contributed by atoms with van der Waals surface area (Å²) in [6.07, 6.45) is 5.84. The fourth-order valence-corrected chi connectivity index (χ4v) is 3.85. The van der Waals surface area contributed by atoms with E-state index in [1.807, 2.05) is 16.7 Å². The van der Waals surface area contributed by atoms with Gasteiger partial charge in [0, 0.05) is 18.7 Å². The highest BCUT2D eigenvalue weighted by molar-refractivity contribution is 7.98. The number of H-pyrrole nitrogens is 1. The second kappa shape index (κ2) is 7.17. The van der Waals surface area contributed by atoms with E-state index in [9.17, 15) is 9.18 Å². The van der Waals surface area contributed by atoms with E-state index in [2.05, 4.69) is 16.5 Å². The van der Waals surface area contributed by atoms with Crippen LogP contribution in [0.3, 0.4) is 0 Å². The second-order valence-electron chi connectivity index (χ2n) is 5.88. The summed E-state index contributed by atoms with van der Waals surface area (Å²) in [6, 6.07) is 6.21. The van der Waals surface area contributed by atoms with Gasteiger partial charge >= 0.3 is 0 Å². The van der Waals surface area contributed by atoms with Gasteiger partial charge < -0.3 is 4.90 Å². The van der Waals surface area contributed by atoms with Crippen molar-refractivity contribution in [2.45, 2.75) is 12.8 Å². The van der Waals surface area contributed by atoms with Crippen LogP contribution in [0.2, 0.25) is 0 Å². The molecule has 4 nitrogen and oxygen atoms in total. The zero-order chi connectivity index (χ0) is 16.2. The van der Waals surface area contributed by atoms with Crippen LogP contribution in [0.25, 0.3) is 11.3 Å². The van der Waals surface area contributed by atoms with E-state index in [1.165, 1.54) is 18.6 Å². The van der Waals surface area contributed by atoms with Gasteiger partial charge in [-0.15, -0.1) is 0 Å². The Bertz CT molecular complexity index is 686. The predicted octanol–water partition coefficient (Wildman–Crippen LogP) is 3.43. The maximum absolute atomic E-state index is 13.5. The van der Waals surface area contributed by atoms with Crippen LogP contribution in [0.4, 0.5) is 4.39 Å². The van der Waals surface area contributed by atoms with E-state index in [1.54, 1.807) is 18.3 Å². The number of hydrogen-bond acceptors (Lipinski definition) is 3. The molecule has 1 atom stereocenters. The van der Waals surface area contributed by atoms with Crippen LogP contribution < -0.4 is 0 Å². The molecule has 3 rings (SSSR count). The van der Waals surface area contributed by atoms with Crippen molar-refractivity contribution >= 4 is 17.7 Å². The van der Waals surface area contributed by atoms with Gasteiger partial charge in [0.05, 0.1) is 17.5 Å². The zero-order valence-corrected chi connectivity index (χ0v) is 13.9. The number of carbonyl (C=O) groups excluding carboxylic acids is 1. The molecule has 0 saturated carbocycles. The maximum Gasteiger partial charge on any atom is 0.257 e. The van der Waals surface area contributed by atoms with Crippen molar-refractivity contribution in [2.75, 3.05) is 25.1 Å². The molecule has 2 aromatic rings. The number of thioether (sulfide) groups is 1. The first kappa shape index (κ1) is 16.1. The Kier molecular flexibility index (Phi) is 5.00. The number of aromatic nitrogens is 2. The quantitative estimate of drug-likeness (QED) is 0.932. The van der Waals surface area contributed by atoms with E-state index >= 15 is 0 Å². The molecule has 0 spiro atoms. The van der Waals surface area contributed by atoms with Crippen molar-refractivity contribution in [3.8, 4) is 11.3 Å². The highest BCUT2D eigenvalue weighted by Crippen LogP contribution is 2.26. The lowest BCUT2D eigenvalue weighted by molar-refractivity contribution is 0.0686. The number of likely N-dealkylation sites (tertiary alicyclic amines) is 1. The number of carbonyl (C=O) groups is 1. The molecule has 1 saturated heterocycles. The van der Waals surface area contributed by atoms with Gasteiger partial charge in [0.25, 0.3) is 5.91 Å². The smallest absolute Gasteiger partial charge is 0.257 e. The third-order valence-electron chi connectivity index (χ3n) is 4.19. The van der Waals surface area contributed by atoms with Crippen LogP contribution in [0.5, 0.6) is 0 Å². The number of hydrogen-bond donors (Lipinski definition) is 1. The van der Waals surface area contributed by atoms with Crippen molar-refractivity contribution in [1.29, 1.82) is 0 Å². The van der Waals surface area contributed by atoms with E-state index < -0.39 is 0 Å². The molecule has 0 bridgehead atoms. The lowest BCUT2D eigenvalue weighted by Gasteiger charge is -2.32. The molecule has 122 valence electrons. The van der Waals surface area contributed by atoms with Crippen LogP contribution >= 0.6 is 11.8 Å². The summed E-state index contributed by atoms with van der Waals surface area (Å²) < 4.78 is 13.5. The molecule has 6 heteroatoms. The molecule has 1 aromatic carbocycles. The minimum Gasteiger partial charge on any atom is -0.338 e. The fraction of sp³-hybridized carbons (Fsp3) is 0.412. The van der Waals surface area contributed by atoms with Gasteiger partial charge in [-0.1, -0.05) is 12.1 Å².